The number of benzene rings is 1. The van der Waals surface area contributed by atoms with Gasteiger partial charge in [-0.2, -0.15) is 13.2 Å². The standard InChI is InChI=1S/C16H18F3N3O/c1-10-21-22-15(23-10)11-4-2-6-13(8-11)20-14-7-3-5-12(9-14)16(17,18)19/h2,4,6,8,12,14,20H,3,5,7,9H2,1H3/t12-,14+/m1/s1. The van der Waals surface area contributed by atoms with Crippen LogP contribution in [0, 0.1) is 12.8 Å². The van der Waals surface area contributed by atoms with Gasteiger partial charge in [0.15, 0.2) is 0 Å². The van der Waals surface area contributed by atoms with E-state index in [0.717, 1.165) is 17.7 Å². The summed E-state index contributed by atoms with van der Waals surface area (Å²) in [4.78, 5) is 0. The maximum Gasteiger partial charge on any atom is 0.391 e. The highest BCUT2D eigenvalue weighted by atomic mass is 19.4. The molecule has 1 aliphatic rings. The largest absolute Gasteiger partial charge is 0.421 e. The molecule has 0 bridgehead atoms. The molecular weight excluding hydrogens is 307 g/mol. The third-order valence-electron chi connectivity index (χ3n) is 4.14. The highest BCUT2D eigenvalue weighted by Crippen LogP contribution is 2.38. The summed E-state index contributed by atoms with van der Waals surface area (Å²) in [6.07, 6.45) is -2.43. The lowest BCUT2D eigenvalue weighted by atomic mass is 9.85. The first kappa shape index (κ1) is 15.8. The molecule has 1 aliphatic carbocycles. The van der Waals surface area contributed by atoms with E-state index < -0.39 is 12.1 Å². The van der Waals surface area contributed by atoms with Crippen LogP contribution in [0.4, 0.5) is 18.9 Å². The van der Waals surface area contributed by atoms with Gasteiger partial charge in [0.2, 0.25) is 11.8 Å². The summed E-state index contributed by atoms with van der Waals surface area (Å²) in [7, 11) is 0. The van der Waals surface area contributed by atoms with E-state index in [-0.39, 0.29) is 18.9 Å². The predicted molar refractivity (Wildman–Crippen MR) is 79.9 cm³/mol. The van der Waals surface area contributed by atoms with Gasteiger partial charge >= 0.3 is 6.18 Å². The molecule has 0 radical (unpaired) electrons. The third-order valence-corrected chi connectivity index (χ3v) is 4.14. The van der Waals surface area contributed by atoms with Gasteiger partial charge in [0.25, 0.3) is 0 Å². The van der Waals surface area contributed by atoms with Crippen molar-refractivity contribution >= 4 is 5.69 Å². The van der Waals surface area contributed by atoms with Crippen LogP contribution in [0.3, 0.4) is 0 Å². The fraction of sp³-hybridized carbons (Fsp3) is 0.500. The molecule has 1 fully saturated rings. The van der Waals surface area contributed by atoms with Crippen LogP contribution in [-0.4, -0.2) is 22.4 Å². The molecule has 2 aromatic rings. The van der Waals surface area contributed by atoms with Crippen LogP contribution >= 0.6 is 0 Å². The van der Waals surface area contributed by atoms with E-state index in [1.165, 1.54) is 0 Å². The van der Waals surface area contributed by atoms with Crippen LogP contribution in [0.15, 0.2) is 28.7 Å². The summed E-state index contributed by atoms with van der Waals surface area (Å²) < 4.78 is 44.0. The third kappa shape index (κ3) is 3.83. The van der Waals surface area contributed by atoms with E-state index in [2.05, 4.69) is 15.5 Å². The number of hydrogen-bond acceptors (Lipinski definition) is 4. The van der Waals surface area contributed by atoms with Crippen LogP contribution in [0.25, 0.3) is 11.5 Å². The van der Waals surface area contributed by atoms with E-state index >= 15 is 0 Å². The lowest BCUT2D eigenvalue weighted by molar-refractivity contribution is -0.182. The second-order valence-electron chi connectivity index (χ2n) is 5.95. The number of nitrogens with zero attached hydrogens (tertiary/aromatic N) is 2. The van der Waals surface area contributed by atoms with Gasteiger partial charge in [-0.3, -0.25) is 0 Å². The maximum atomic E-state index is 12.9. The molecule has 1 saturated carbocycles. The SMILES string of the molecule is Cc1nnc(-c2cccc(N[C@H]3CCC[C@@H](C(F)(F)F)C3)c2)o1. The first-order valence-corrected chi connectivity index (χ1v) is 7.65. The van der Waals surface area contributed by atoms with Crippen molar-refractivity contribution in [1.82, 2.24) is 10.2 Å². The Morgan fingerprint density at radius 1 is 1.22 bits per heavy atom. The van der Waals surface area contributed by atoms with Crippen molar-refractivity contribution in [3.63, 3.8) is 0 Å². The number of hydrogen-bond donors (Lipinski definition) is 1. The van der Waals surface area contributed by atoms with Gasteiger partial charge in [-0.25, -0.2) is 0 Å². The molecule has 1 aromatic carbocycles. The van der Waals surface area contributed by atoms with Crippen molar-refractivity contribution in [3.05, 3.63) is 30.2 Å². The van der Waals surface area contributed by atoms with E-state index in [1.807, 2.05) is 24.3 Å². The molecule has 0 unspecified atom stereocenters. The number of halogens is 3. The first-order chi connectivity index (χ1) is 10.9. The molecule has 1 heterocycles. The molecule has 0 amide bonds. The second-order valence-corrected chi connectivity index (χ2v) is 5.95. The van der Waals surface area contributed by atoms with Crippen molar-refractivity contribution in [2.45, 2.75) is 44.8 Å². The van der Waals surface area contributed by atoms with E-state index in [0.29, 0.717) is 18.2 Å². The van der Waals surface area contributed by atoms with Gasteiger partial charge in [-0.1, -0.05) is 12.5 Å². The number of rotatable bonds is 3. The Labute approximate surface area is 132 Å². The maximum absolute atomic E-state index is 12.9. The van der Waals surface area contributed by atoms with E-state index in [9.17, 15) is 13.2 Å². The highest BCUT2D eigenvalue weighted by Gasteiger charge is 2.42. The van der Waals surface area contributed by atoms with Crippen molar-refractivity contribution in [2.24, 2.45) is 5.92 Å². The molecular formula is C16H18F3N3O. The minimum absolute atomic E-state index is 0.118. The van der Waals surface area contributed by atoms with Crippen LogP contribution in [0.1, 0.15) is 31.6 Å². The van der Waals surface area contributed by atoms with Gasteiger partial charge < -0.3 is 9.73 Å². The fourth-order valence-corrected chi connectivity index (χ4v) is 3.01. The van der Waals surface area contributed by atoms with E-state index in [1.54, 1.807) is 6.92 Å². The highest BCUT2D eigenvalue weighted by molar-refractivity contribution is 5.61. The van der Waals surface area contributed by atoms with Gasteiger partial charge in [0.05, 0.1) is 5.92 Å². The zero-order valence-corrected chi connectivity index (χ0v) is 12.7. The number of nitrogens with one attached hydrogen (secondary N) is 1. The van der Waals surface area contributed by atoms with Crippen molar-refractivity contribution < 1.29 is 17.6 Å². The van der Waals surface area contributed by atoms with Crippen molar-refractivity contribution in [1.29, 1.82) is 0 Å². The summed E-state index contributed by atoms with van der Waals surface area (Å²) in [5.74, 6) is -0.336. The molecule has 7 heteroatoms. The smallest absolute Gasteiger partial charge is 0.391 e. The molecule has 1 aromatic heterocycles. The molecule has 23 heavy (non-hydrogen) atoms. The van der Waals surface area contributed by atoms with Crippen LogP contribution in [0.2, 0.25) is 0 Å². The Bertz CT molecular complexity index is 669. The average Bonchev–Trinajstić information content (AvgIpc) is 2.94. The average molecular weight is 325 g/mol. The molecule has 2 atom stereocenters. The summed E-state index contributed by atoms with van der Waals surface area (Å²) in [6.45, 7) is 1.71. The Balaban J connectivity index is 1.71. The van der Waals surface area contributed by atoms with Gasteiger partial charge in [0, 0.05) is 24.2 Å². The zero-order valence-electron chi connectivity index (χ0n) is 12.7. The van der Waals surface area contributed by atoms with Crippen molar-refractivity contribution in [2.75, 3.05) is 5.32 Å². The molecule has 1 N–H and O–H groups in total. The quantitative estimate of drug-likeness (QED) is 0.897. The molecule has 3 rings (SSSR count). The normalized spacial score (nSPS) is 22.1. The molecule has 0 spiro atoms. The first-order valence-electron chi connectivity index (χ1n) is 7.65. The molecule has 124 valence electrons. The fourth-order valence-electron chi connectivity index (χ4n) is 3.01. The minimum atomic E-state index is -4.11. The number of aryl methyl sites for hydroxylation is 1. The minimum Gasteiger partial charge on any atom is -0.421 e. The molecule has 4 nitrogen and oxygen atoms in total. The van der Waals surface area contributed by atoms with Crippen LogP contribution in [-0.2, 0) is 0 Å². The van der Waals surface area contributed by atoms with Crippen LogP contribution in [0.5, 0.6) is 0 Å². The summed E-state index contributed by atoms with van der Waals surface area (Å²) in [6, 6.07) is 7.14. The van der Waals surface area contributed by atoms with Gasteiger partial charge in [0.1, 0.15) is 0 Å². The topological polar surface area (TPSA) is 51.0 Å². The van der Waals surface area contributed by atoms with E-state index in [4.69, 9.17) is 4.42 Å². The monoisotopic (exact) mass is 325 g/mol. The number of anilines is 1. The summed E-state index contributed by atoms with van der Waals surface area (Å²) in [5.41, 5.74) is 1.52. The lowest BCUT2D eigenvalue weighted by Gasteiger charge is -2.31. The second kappa shape index (κ2) is 6.22. The Hall–Kier alpha value is -2.05. The van der Waals surface area contributed by atoms with Crippen molar-refractivity contribution in [3.8, 4) is 11.5 Å². The lowest BCUT2D eigenvalue weighted by Crippen LogP contribution is -2.34. The summed E-state index contributed by atoms with van der Waals surface area (Å²) in [5, 5.41) is 10.9. The Morgan fingerprint density at radius 2 is 2.04 bits per heavy atom. The number of aromatic nitrogens is 2. The zero-order chi connectivity index (χ0) is 16.4. The Kier molecular flexibility index (Phi) is 4.28. The summed E-state index contributed by atoms with van der Waals surface area (Å²) >= 11 is 0. The molecule has 0 saturated heterocycles. The van der Waals surface area contributed by atoms with Crippen LogP contribution < -0.4 is 5.32 Å². The van der Waals surface area contributed by atoms with Gasteiger partial charge in [-0.05, 0) is 37.5 Å². The molecule has 0 aliphatic heterocycles. The predicted octanol–water partition coefficient (Wildman–Crippen LogP) is 4.58. The Morgan fingerprint density at radius 3 is 2.74 bits per heavy atom. The number of alkyl halides is 3. The van der Waals surface area contributed by atoms with Gasteiger partial charge in [-0.15, -0.1) is 10.2 Å².